The molecule has 2 heterocycles. The van der Waals surface area contributed by atoms with E-state index in [1.807, 2.05) is 45.9 Å². The second-order valence-electron chi connectivity index (χ2n) is 16.0. The molecule has 10 nitrogen and oxygen atoms in total. The molecule has 0 spiro atoms. The van der Waals surface area contributed by atoms with Crippen LogP contribution in [-0.4, -0.2) is 118 Å². The van der Waals surface area contributed by atoms with Crippen LogP contribution in [0.15, 0.2) is 73.1 Å². The molecule has 0 fully saturated rings. The van der Waals surface area contributed by atoms with Crippen molar-refractivity contribution < 1.29 is 46.5 Å². The molecule has 4 aromatic rings. The van der Waals surface area contributed by atoms with Gasteiger partial charge in [0.05, 0.1) is 109 Å². The third kappa shape index (κ3) is 15.3. The van der Waals surface area contributed by atoms with E-state index in [0.717, 1.165) is 57.4 Å². The zero-order valence-corrected chi connectivity index (χ0v) is 39.4. The molecule has 2 aromatic heterocycles. The maximum absolute atomic E-state index is 5.54. The number of ether oxygens (including phenoxy) is 6. The van der Waals surface area contributed by atoms with Crippen LogP contribution >= 0.6 is 21.6 Å². The molecule has 0 aliphatic carbocycles. The van der Waals surface area contributed by atoms with Crippen LogP contribution in [0.4, 0.5) is 0 Å². The highest BCUT2D eigenvalue weighted by molar-refractivity contribution is 8.76. The summed E-state index contributed by atoms with van der Waals surface area (Å²) < 4.78 is 39.9. The van der Waals surface area contributed by atoms with Gasteiger partial charge in [0.1, 0.15) is 13.1 Å². The maximum Gasteiger partial charge on any atom is 0.205 e. The molecule has 0 bridgehead atoms. The third-order valence-electron chi connectivity index (χ3n) is 10.7. The molecule has 326 valence electrons. The van der Waals surface area contributed by atoms with Crippen molar-refractivity contribution in [2.24, 2.45) is 0 Å². The molecule has 2 aromatic carbocycles. The smallest absolute Gasteiger partial charge is 0.205 e. The Labute approximate surface area is 368 Å². The molecule has 0 aliphatic heterocycles. The van der Waals surface area contributed by atoms with Crippen LogP contribution in [0.25, 0.3) is 24.3 Å². The van der Waals surface area contributed by atoms with E-state index in [1.54, 1.807) is 42.7 Å². The Morgan fingerprint density at radius 2 is 0.833 bits per heavy atom. The van der Waals surface area contributed by atoms with Gasteiger partial charge in [0.2, 0.25) is 22.9 Å². The van der Waals surface area contributed by atoms with Gasteiger partial charge in [-0.15, -0.1) is 0 Å². The van der Waals surface area contributed by atoms with Crippen LogP contribution in [0.2, 0.25) is 0 Å². The van der Waals surface area contributed by atoms with Crippen LogP contribution < -0.4 is 37.6 Å². The predicted molar refractivity (Wildman–Crippen MR) is 250 cm³/mol. The minimum absolute atomic E-state index is 0.599. The molecule has 4 rings (SSSR count). The van der Waals surface area contributed by atoms with Crippen LogP contribution in [0.5, 0.6) is 34.5 Å². The first-order valence-electron chi connectivity index (χ1n) is 20.8. The highest BCUT2D eigenvalue weighted by Gasteiger charge is 2.19. The first-order chi connectivity index (χ1) is 29.0. The number of aryl methyl sites for hydroxylation is 2. The lowest BCUT2D eigenvalue weighted by atomic mass is 10.1. The molecule has 0 unspecified atom stereocenters. The summed E-state index contributed by atoms with van der Waals surface area (Å²) in [5.41, 5.74) is 4.30. The minimum Gasteiger partial charge on any atom is -0.493 e. The summed E-state index contributed by atoms with van der Waals surface area (Å²) in [4.78, 5) is 0. The van der Waals surface area contributed by atoms with Crippen molar-refractivity contribution in [3.05, 3.63) is 95.6 Å². The van der Waals surface area contributed by atoms with Crippen LogP contribution in [0.1, 0.15) is 48.2 Å². The molecule has 12 heteroatoms. The zero-order chi connectivity index (χ0) is 43.4. The van der Waals surface area contributed by atoms with E-state index in [-0.39, 0.29) is 0 Å². The lowest BCUT2D eigenvalue weighted by Gasteiger charge is -2.30. The van der Waals surface area contributed by atoms with E-state index >= 15 is 0 Å². The van der Waals surface area contributed by atoms with E-state index in [0.29, 0.717) is 34.5 Å². The van der Waals surface area contributed by atoms with Crippen LogP contribution in [0.3, 0.4) is 0 Å². The number of nitrogens with zero attached hydrogens (tertiary/aromatic N) is 4. The van der Waals surface area contributed by atoms with Gasteiger partial charge < -0.3 is 37.4 Å². The monoisotopic (exact) mass is 862 g/mol. The quantitative estimate of drug-likeness (QED) is 0.0257. The highest BCUT2D eigenvalue weighted by atomic mass is 33.1. The lowest BCUT2D eigenvalue weighted by Crippen LogP contribution is -2.43. The number of methoxy groups -OCH3 is 6. The van der Waals surface area contributed by atoms with E-state index in [4.69, 9.17) is 28.4 Å². The summed E-state index contributed by atoms with van der Waals surface area (Å²) in [7, 11) is 23.4. The summed E-state index contributed by atoms with van der Waals surface area (Å²) in [6, 6.07) is 20.6. The molecular weight excluding hydrogens is 793 g/mol. The second kappa shape index (κ2) is 24.8. The van der Waals surface area contributed by atoms with Crippen molar-refractivity contribution >= 4 is 45.9 Å². The standard InChI is InChI=1S/C48H70N4O6S2/c1-51(2,29-17-15-27-49-25-13-11-19-41(49)23-21-39-35-43(53-5)47(57-9)44(36-39)54-6)31-33-59-60-34-32-52(3,4)30-18-16-28-50-26-14-12-20-42(50)24-22-40-37-45(55-7)48(58-10)46(38-40)56-8/h11-14,19-26,35-38H,15-18,27-34H2,1-10H3/q+4/b23-21+,24-22+. The fraction of sp³-hybridized carbons (Fsp3) is 0.458. The van der Waals surface area contributed by atoms with Gasteiger partial charge in [0.25, 0.3) is 0 Å². The average Bonchev–Trinajstić information content (AvgIpc) is 3.26. The van der Waals surface area contributed by atoms with Crippen molar-refractivity contribution in [3.63, 3.8) is 0 Å². The molecular formula is C48H70N4O6S2+4. The summed E-state index contributed by atoms with van der Waals surface area (Å²) in [5, 5.41) is 0. The largest absolute Gasteiger partial charge is 0.493 e. The Morgan fingerprint density at radius 3 is 1.17 bits per heavy atom. The fourth-order valence-electron chi connectivity index (χ4n) is 7.00. The lowest BCUT2D eigenvalue weighted by molar-refractivity contribution is -0.888. The molecule has 0 atom stereocenters. The Kier molecular flexibility index (Phi) is 20.0. The summed E-state index contributed by atoms with van der Waals surface area (Å²) >= 11 is 0. The number of unbranched alkanes of at least 4 members (excludes halogenated alkanes) is 2. The van der Waals surface area contributed by atoms with Crippen LogP contribution in [-0.2, 0) is 13.1 Å². The summed E-state index contributed by atoms with van der Waals surface area (Å²) in [6.45, 7) is 6.66. The summed E-state index contributed by atoms with van der Waals surface area (Å²) in [5.74, 6) is 6.12. The number of benzene rings is 2. The Balaban J connectivity index is 1.12. The first kappa shape index (κ1) is 48.3. The second-order valence-corrected chi connectivity index (χ2v) is 18.7. The van der Waals surface area contributed by atoms with Crippen molar-refractivity contribution in [2.75, 3.05) is 109 Å². The maximum atomic E-state index is 5.54. The normalized spacial score (nSPS) is 12.0. The average molecular weight is 863 g/mol. The molecule has 0 amide bonds. The molecule has 0 saturated carbocycles. The number of pyridine rings is 2. The molecule has 60 heavy (non-hydrogen) atoms. The minimum atomic E-state index is 0.599. The van der Waals surface area contributed by atoms with E-state index in [2.05, 4.69) is 110 Å². The third-order valence-corrected chi connectivity index (χ3v) is 13.1. The van der Waals surface area contributed by atoms with Gasteiger partial charge >= 0.3 is 0 Å². The van der Waals surface area contributed by atoms with Gasteiger partial charge in [-0.3, -0.25) is 0 Å². The van der Waals surface area contributed by atoms with Crippen molar-refractivity contribution in [2.45, 2.75) is 38.8 Å². The fourth-order valence-corrected chi connectivity index (χ4v) is 9.53. The zero-order valence-electron chi connectivity index (χ0n) is 37.8. The molecule has 0 radical (unpaired) electrons. The number of quaternary nitrogens is 2. The first-order valence-corrected chi connectivity index (χ1v) is 23.3. The number of hydrogen-bond acceptors (Lipinski definition) is 8. The Morgan fingerprint density at radius 1 is 0.467 bits per heavy atom. The Bertz CT molecular complexity index is 1800. The number of rotatable bonds is 27. The van der Waals surface area contributed by atoms with Gasteiger partial charge in [-0.05, 0) is 59.7 Å². The SMILES string of the molecule is COc1cc(/C=C/c2cccc[n+]2CCCC[N+](C)(C)CCSSCC[N+](C)(C)CCCC[n+]2ccccc2/C=C/c2cc(OC)c(OC)c(OC)c2)cc(OC)c1OC. The van der Waals surface area contributed by atoms with Gasteiger partial charge in [-0.25, -0.2) is 0 Å². The topological polar surface area (TPSA) is 63.1 Å². The van der Waals surface area contributed by atoms with Gasteiger partial charge in [0, 0.05) is 62.1 Å². The van der Waals surface area contributed by atoms with Crippen LogP contribution in [0, 0.1) is 0 Å². The molecule has 0 N–H and O–H groups in total. The van der Waals surface area contributed by atoms with Gasteiger partial charge in [-0.2, -0.15) is 9.13 Å². The number of aromatic nitrogens is 2. The Hall–Kier alpha value is -4.36. The van der Waals surface area contributed by atoms with E-state index in [1.165, 1.54) is 50.5 Å². The van der Waals surface area contributed by atoms with Crippen molar-refractivity contribution in [3.8, 4) is 34.5 Å². The molecule has 0 saturated heterocycles. The summed E-state index contributed by atoms with van der Waals surface area (Å²) in [6.07, 6.45) is 17.5. The highest BCUT2D eigenvalue weighted by Crippen LogP contribution is 2.39. The van der Waals surface area contributed by atoms with Gasteiger partial charge in [0.15, 0.2) is 35.4 Å². The predicted octanol–water partition coefficient (Wildman–Crippen LogP) is 8.45. The van der Waals surface area contributed by atoms with Crippen molar-refractivity contribution in [1.82, 2.24) is 0 Å². The molecule has 0 aliphatic rings. The number of hydrogen-bond donors (Lipinski definition) is 0. The van der Waals surface area contributed by atoms with E-state index in [9.17, 15) is 0 Å². The van der Waals surface area contributed by atoms with Crippen molar-refractivity contribution in [1.29, 1.82) is 0 Å². The van der Waals surface area contributed by atoms with Gasteiger partial charge in [-0.1, -0.05) is 21.6 Å². The van der Waals surface area contributed by atoms with E-state index < -0.39 is 0 Å².